The minimum atomic E-state index is -0.00282. The summed E-state index contributed by atoms with van der Waals surface area (Å²) in [5.41, 5.74) is 4.45. The number of carbonyl (C=O) groups is 1. The van der Waals surface area contributed by atoms with E-state index < -0.39 is 0 Å². The fourth-order valence-electron chi connectivity index (χ4n) is 2.53. The summed E-state index contributed by atoms with van der Waals surface area (Å²) in [7, 11) is 0. The number of benzene rings is 1. The van der Waals surface area contributed by atoms with E-state index in [2.05, 4.69) is 29.0 Å². The summed E-state index contributed by atoms with van der Waals surface area (Å²) >= 11 is 1.70. The molecule has 0 aliphatic carbocycles. The molecule has 1 aliphatic rings. The number of nitrogens with one attached hydrogen (secondary N) is 2. The number of hydrogen-bond acceptors (Lipinski definition) is 3. The molecule has 0 bridgehead atoms. The molecule has 0 unspecified atom stereocenters. The lowest BCUT2D eigenvalue weighted by Crippen LogP contribution is -2.22. The predicted octanol–water partition coefficient (Wildman–Crippen LogP) is 3.21. The Morgan fingerprint density at radius 3 is 3.15 bits per heavy atom. The summed E-state index contributed by atoms with van der Waals surface area (Å²) in [6, 6.07) is 8.04. The van der Waals surface area contributed by atoms with E-state index in [0.717, 1.165) is 30.6 Å². The first-order chi connectivity index (χ1) is 9.78. The SMILES string of the molecule is CCc1ccsc1CNC(=O)c1ccc2c(c1)NCC2. The summed E-state index contributed by atoms with van der Waals surface area (Å²) in [5.74, 6) is -0.00282. The topological polar surface area (TPSA) is 41.1 Å². The Balaban J connectivity index is 1.67. The molecule has 0 atom stereocenters. The highest BCUT2D eigenvalue weighted by atomic mass is 32.1. The highest BCUT2D eigenvalue weighted by Gasteiger charge is 2.13. The smallest absolute Gasteiger partial charge is 0.251 e. The van der Waals surface area contributed by atoms with Gasteiger partial charge in [-0.25, -0.2) is 0 Å². The second kappa shape index (κ2) is 5.67. The summed E-state index contributed by atoms with van der Waals surface area (Å²) in [6.07, 6.45) is 2.06. The van der Waals surface area contributed by atoms with Crippen LogP contribution in [0.5, 0.6) is 0 Å². The zero-order chi connectivity index (χ0) is 13.9. The van der Waals surface area contributed by atoms with Crippen molar-refractivity contribution in [3.05, 3.63) is 51.2 Å². The minimum absolute atomic E-state index is 0.00282. The first kappa shape index (κ1) is 13.2. The van der Waals surface area contributed by atoms with Crippen molar-refractivity contribution >= 4 is 22.9 Å². The zero-order valence-corrected chi connectivity index (χ0v) is 12.3. The Bertz CT molecular complexity index is 633. The van der Waals surface area contributed by atoms with Gasteiger partial charge < -0.3 is 10.6 Å². The number of fused-ring (bicyclic) bond motifs is 1. The van der Waals surface area contributed by atoms with Gasteiger partial charge in [-0.15, -0.1) is 11.3 Å². The maximum Gasteiger partial charge on any atom is 0.251 e. The van der Waals surface area contributed by atoms with Crippen molar-refractivity contribution < 1.29 is 4.79 Å². The number of hydrogen-bond donors (Lipinski definition) is 2. The third-order valence-corrected chi connectivity index (χ3v) is 4.67. The molecule has 4 heteroatoms. The summed E-state index contributed by atoms with van der Waals surface area (Å²) in [5, 5.41) is 8.40. The third-order valence-electron chi connectivity index (χ3n) is 3.71. The monoisotopic (exact) mass is 286 g/mol. The molecule has 1 aromatic heterocycles. The second-order valence-corrected chi connectivity index (χ2v) is 5.95. The second-order valence-electron chi connectivity index (χ2n) is 4.95. The lowest BCUT2D eigenvalue weighted by atomic mass is 10.1. The molecular weight excluding hydrogens is 268 g/mol. The molecule has 0 radical (unpaired) electrons. The van der Waals surface area contributed by atoms with Gasteiger partial charge in [-0.2, -0.15) is 0 Å². The van der Waals surface area contributed by atoms with Gasteiger partial charge in [-0.05, 0) is 47.5 Å². The third kappa shape index (κ3) is 2.56. The van der Waals surface area contributed by atoms with Crippen LogP contribution in [0.2, 0.25) is 0 Å². The van der Waals surface area contributed by atoms with E-state index in [4.69, 9.17) is 0 Å². The van der Waals surface area contributed by atoms with Crippen molar-refractivity contribution in [3.8, 4) is 0 Å². The molecular formula is C16H18N2OS. The normalized spacial score (nSPS) is 12.8. The number of anilines is 1. The molecule has 2 heterocycles. The molecule has 1 aliphatic heterocycles. The molecule has 1 amide bonds. The summed E-state index contributed by atoms with van der Waals surface area (Å²) in [6.45, 7) is 3.72. The van der Waals surface area contributed by atoms with Crippen molar-refractivity contribution in [1.82, 2.24) is 5.32 Å². The van der Waals surface area contributed by atoms with E-state index in [1.54, 1.807) is 11.3 Å². The van der Waals surface area contributed by atoms with Gasteiger partial charge in [0.05, 0.1) is 6.54 Å². The van der Waals surface area contributed by atoms with Crippen LogP contribution in [0, 0.1) is 0 Å². The lowest BCUT2D eigenvalue weighted by molar-refractivity contribution is 0.0951. The molecule has 0 fully saturated rings. The van der Waals surface area contributed by atoms with Gasteiger partial charge in [0.1, 0.15) is 0 Å². The van der Waals surface area contributed by atoms with E-state index in [1.807, 2.05) is 18.2 Å². The maximum atomic E-state index is 12.2. The number of carbonyl (C=O) groups excluding carboxylic acids is 1. The number of thiophene rings is 1. The van der Waals surface area contributed by atoms with Crippen molar-refractivity contribution in [2.75, 3.05) is 11.9 Å². The highest BCUT2D eigenvalue weighted by molar-refractivity contribution is 7.10. The van der Waals surface area contributed by atoms with Gasteiger partial charge in [-0.1, -0.05) is 13.0 Å². The van der Waals surface area contributed by atoms with Crippen molar-refractivity contribution in [2.24, 2.45) is 0 Å². The Morgan fingerprint density at radius 2 is 2.30 bits per heavy atom. The molecule has 0 spiro atoms. The van der Waals surface area contributed by atoms with E-state index in [9.17, 15) is 4.79 Å². The Hall–Kier alpha value is -1.81. The fraction of sp³-hybridized carbons (Fsp3) is 0.312. The van der Waals surface area contributed by atoms with Gasteiger partial charge in [0.15, 0.2) is 0 Å². The van der Waals surface area contributed by atoms with Crippen LogP contribution in [0.1, 0.15) is 33.3 Å². The molecule has 0 saturated heterocycles. The van der Waals surface area contributed by atoms with Crippen LogP contribution in [0.25, 0.3) is 0 Å². The Morgan fingerprint density at radius 1 is 1.40 bits per heavy atom. The highest BCUT2D eigenvalue weighted by Crippen LogP contribution is 2.23. The van der Waals surface area contributed by atoms with Gasteiger partial charge in [0.25, 0.3) is 5.91 Å². The van der Waals surface area contributed by atoms with Gasteiger partial charge in [0, 0.05) is 22.7 Å². The largest absolute Gasteiger partial charge is 0.384 e. The first-order valence-corrected chi connectivity index (χ1v) is 7.86. The number of amides is 1. The van der Waals surface area contributed by atoms with Crippen LogP contribution in [0.15, 0.2) is 29.6 Å². The van der Waals surface area contributed by atoms with Crippen LogP contribution in [-0.2, 0) is 19.4 Å². The van der Waals surface area contributed by atoms with Crippen LogP contribution in [0.4, 0.5) is 5.69 Å². The fourth-order valence-corrected chi connectivity index (χ4v) is 3.45. The van der Waals surface area contributed by atoms with Crippen LogP contribution in [-0.4, -0.2) is 12.5 Å². The number of rotatable bonds is 4. The van der Waals surface area contributed by atoms with Gasteiger partial charge in [0.2, 0.25) is 0 Å². The van der Waals surface area contributed by atoms with Crippen LogP contribution >= 0.6 is 11.3 Å². The van der Waals surface area contributed by atoms with E-state index in [0.29, 0.717) is 6.54 Å². The van der Waals surface area contributed by atoms with Crippen LogP contribution in [0.3, 0.4) is 0 Å². The quantitative estimate of drug-likeness (QED) is 0.906. The van der Waals surface area contributed by atoms with E-state index in [1.165, 1.54) is 16.0 Å². The number of aryl methyl sites for hydroxylation is 1. The van der Waals surface area contributed by atoms with Gasteiger partial charge in [-0.3, -0.25) is 4.79 Å². The summed E-state index contributed by atoms with van der Waals surface area (Å²) in [4.78, 5) is 13.5. The maximum absolute atomic E-state index is 12.2. The predicted molar refractivity (Wildman–Crippen MR) is 83.5 cm³/mol. The Labute approximate surface area is 123 Å². The standard InChI is InChI=1S/C16H18N2OS/c1-2-11-6-8-20-15(11)10-18-16(19)13-4-3-12-5-7-17-14(12)9-13/h3-4,6,8-9,17H,2,5,7,10H2,1H3,(H,18,19). The summed E-state index contributed by atoms with van der Waals surface area (Å²) < 4.78 is 0. The molecule has 3 rings (SSSR count). The zero-order valence-electron chi connectivity index (χ0n) is 11.5. The van der Waals surface area contributed by atoms with Gasteiger partial charge >= 0.3 is 0 Å². The average Bonchev–Trinajstić information content (AvgIpc) is 3.12. The first-order valence-electron chi connectivity index (χ1n) is 6.98. The van der Waals surface area contributed by atoms with E-state index in [-0.39, 0.29) is 5.91 Å². The average molecular weight is 286 g/mol. The molecule has 20 heavy (non-hydrogen) atoms. The molecule has 3 nitrogen and oxygen atoms in total. The lowest BCUT2D eigenvalue weighted by Gasteiger charge is -2.07. The molecule has 1 aromatic carbocycles. The molecule has 0 saturated carbocycles. The van der Waals surface area contributed by atoms with Crippen LogP contribution < -0.4 is 10.6 Å². The molecule has 2 N–H and O–H groups in total. The van der Waals surface area contributed by atoms with Crippen molar-refractivity contribution in [3.63, 3.8) is 0 Å². The van der Waals surface area contributed by atoms with E-state index >= 15 is 0 Å². The van der Waals surface area contributed by atoms with Crippen molar-refractivity contribution in [1.29, 1.82) is 0 Å². The molecule has 2 aromatic rings. The minimum Gasteiger partial charge on any atom is -0.384 e. The molecule has 104 valence electrons. The van der Waals surface area contributed by atoms with Crippen molar-refractivity contribution in [2.45, 2.75) is 26.3 Å². The Kier molecular flexibility index (Phi) is 3.74.